The van der Waals surface area contributed by atoms with Crippen LogP contribution in [-0.2, 0) is 9.47 Å². The predicted octanol–water partition coefficient (Wildman–Crippen LogP) is 3.15. The minimum Gasteiger partial charge on any atom is -0.480 e. The molecule has 0 bridgehead atoms. The van der Waals surface area contributed by atoms with Crippen molar-refractivity contribution >= 4 is 23.9 Å². The molecule has 34 heavy (non-hydrogen) atoms. The van der Waals surface area contributed by atoms with Gasteiger partial charge in [-0.15, -0.1) is 0 Å². The molecular weight excluding hydrogens is 439 g/mol. The highest BCUT2D eigenvalue weighted by Gasteiger charge is 2.33. The first-order valence-electron chi connectivity index (χ1n) is 11.3. The van der Waals surface area contributed by atoms with E-state index >= 15 is 4.39 Å². The number of cyclic esters (lactones) is 1. The van der Waals surface area contributed by atoms with Gasteiger partial charge in [0.2, 0.25) is 0 Å². The maximum absolute atomic E-state index is 15.0. The molecule has 10 heteroatoms. The number of rotatable bonds is 6. The van der Waals surface area contributed by atoms with Gasteiger partial charge in [-0.3, -0.25) is 15.2 Å². The lowest BCUT2D eigenvalue weighted by Crippen LogP contribution is -2.37. The second kappa shape index (κ2) is 9.30. The number of likely N-dealkylation sites (N-methyl/N-ethyl adjacent to an activating group) is 1. The molecule has 0 radical (unpaired) electrons. The van der Waals surface area contributed by atoms with Gasteiger partial charge in [-0.05, 0) is 43.3 Å². The van der Waals surface area contributed by atoms with E-state index in [0.29, 0.717) is 29.9 Å². The molecule has 1 saturated heterocycles. The van der Waals surface area contributed by atoms with Crippen LogP contribution in [0.15, 0.2) is 53.5 Å². The van der Waals surface area contributed by atoms with Crippen molar-refractivity contribution in [2.75, 3.05) is 43.0 Å². The van der Waals surface area contributed by atoms with Crippen molar-refractivity contribution in [2.24, 2.45) is 5.10 Å². The van der Waals surface area contributed by atoms with E-state index in [4.69, 9.17) is 9.47 Å². The van der Waals surface area contributed by atoms with Gasteiger partial charge in [0.25, 0.3) is 0 Å². The maximum atomic E-state index is 15.0. The zero-order valence-electron chi connectivity index (χ0n) is 19.1. The highest BCUT2D eigenvalue weighted by atomic mass is 19.1. The number of nitrogens with zero attached hydrogens (tertiary/aromatic N) is 5. The molecule has 2 unspecified atom stereocenters. The van der Waals surface area contributed by atoms with Crippen LogP contribution in [0, 0.1) is 5.82 Å². The molecule has 1 N–H and O–H groups in total. The Labute approximate surface area is 197 Å². The van der Waals surface area contributed by atoms with Gasteiger partial charge < -0.3 is 14.4 Å². The molecule has 5 rings (SSSR count). The third-order valence-electron chi connectivity index (χ3n) is 6.06. The van der Waals surface area contributed by atoms with Gasteiger partial charge >= 0.3 is 6.09 Å². The van der Waals surface area contributed by atoms with E-state index in [1.54, 1.807) is 24.7 Å². The number of carbonyl (C=O) groups is 1. The molecule has 1 aromatic heterocycles. The van der Waals surface area contributed by atoms with Gasteiger partial charge in [0.05, 0.1) is 24.5 Å². The Morgan fingerprint density at radius 3 is 2.76 bits per heavy atom. The lowest BCUT2D eigenvalue weighted by Gasteiger charge is -2.26. The summed E-state index contributed by atoms with van der Waals surface area (Å²) in [6.07, 6.45) is 5.24. The minimum absolute atomic E-state index is 0.104. The number of allylic oxidation sites excluding steroid dienone is 1. The summed E-state index contributed by atoms with van der Waals surface area (Å²) in [4.78, 5) is 20.3. The molecule has 2 atom stereocenters. The summed E-state index contributed by atoms with van der Waals surface area (Å²) in [5.41, 5.74) is 1.54. The number of hydrazone groups is 1. The molecule has 0 saturated carbocycles. The van der Waals surface area contributed by atoms with E-state index in [1.165, 1.54) is 11.0 Å². The second-order valence-electron chi connectivity index (χ2n) is 8.56. The number of aromatic nitrogens is 1. The number of amides is 1. The van der Waals surface area contributed by atoms with Crippen molar-refractivity contribution in [3.05, 3.63) is 54.2 Å². The van der Waals surface area contributed by atoms with Crippen LogP contribution in [0.1, 0.15) is 13.3 Å². The summed E-state index contributed by atoms with van der Waals surface area (Å²) in [5.74, 6) is 1.21. The van der Waals surface area contributed by atoms with Crippen molar-refractivity contribution in [1.29, 1.82) is 0 Å². The van der Waals surface area contributed by atoms with Crippen molar-refractivity contribution < 1.29 is 18.7 Å². The van der Waals surface area contributed by atoms with E-state index in [0.717, 1.165) is 31.1 Å². The highest BCUT2D eigenvalue weighted by Crippen LogP contribution is 2.29. The molecule has 9 nitrogen and oxygen atoms in total. The molecule has 178 valence electrons. The number of pyridine rings is 1. The standard InChI is InChI=1S/C24H27FN6O3/c1-16-3-8-23(33-16)27-13-19-14-31(24(32)34-19)18-5-6-20(21(25)11-18)17-4-7-22(26-12-17)30-10-9-29(2)28-15-30/h3-7,11-12,15,19,23,27H,8-10,13-14H2,1-2H3. The Hall–Kier alpha value is -3.66. The molecule has 3 aliphatic rings. The summed E-state index contributed by atoms with van der Waals surface area (Å²) in [5, 5.41) is 9.36. The first-order chi connectivity index (χ1) is 16.5. The molecule has 4 heterocycles. The molecule has 2 aromatic rings. The zero-order chi connectivity index (χ0) is 23.7. The average Bonchev–Trinajstić information content (AvgIpc) is 3.43. The minimum atomic E-state index is -0.486. The predicted molar refractivity (Wildman–Crippen MR) is 127 cm³/mol. The number of anilines is 2. The molecule has 0 aliphatic carbocycles. The fourth-order valence-electron chi connectivity index (χ4n) is 4.13. The highest BCUT2D eigenvalue weighted by molar-refractivity contribution is 5.90. The third-order valence-corrected chi connectivity index (χ3v) is 6.06. The van der Waals surface area contributed by atoms with E-state index < -0.39 is 11.9 Å². The number of benzene rings is 1. The zero-order valence-corrected chi connectivity index (χ0v) is 19.1. The summed E-state index contributed by atoms with van der Waals surface area (Å²) in [6, 6.07) is 8.43. The third kappa shape index (κ3) is 4.67. The first-order valence-corrected chi connectivity index (χ1v) is 11.3. The number of ether oxygens (including phenoxy) is 2. The number of halogens is 1. The maximum Gasteiger partial charge on any atom is 0.414 e. The quantitative estimate of drug-likeness (QED) is 0.700. The Morgan fingerprint density at radius 1 is 1.21 bits per heavy atom. The van der Waals surface area contributed by atoms with E-state index in [-0.39, 0.29) is 12.3 Å². The van der Waals surface area contributed by atoms with Crippen LogP contribution in [0.25, 0.3) is 11.1 Å². The molecule has 1 fully saturated rings. The van der Waals surface area contributed by atoms with E-state index in [9.17, 15) is 4.79 Å². The van der Waals surface area contributed by atoms with Gasteiger partial charge in [0.1, 0.15) is 24.1 Å². The molecule has 1 aromatic carbocycles. The van der Waals surface area contributed by atoms with Crippen LogP contribution in [0.5, 0.6) is 0 Å². The van der Waals surface area contributed by atoms with E-state index in [2.05, 4.69) is 15.4 Å². The number of hydrogen-bond donors (Lipinski definition) is 1. The summed E-state index contributed by atoms with van der Waals surface area (Å²) in [7, 11) is 1.92. The summed E-state index contributed by atoms with van der Waals surface area (Å²) in [6.45, 7) is 4.29. The van der Waals surface area contributed by atoms with Crippen molar-refractivity contribution in [3.63, 3.8) is 0 Å². The van der Waals surface area contributed by atoms with Gasteiger partial charge in [0, 0.05) is 43.9 Å². The normalized spacial score (nSPS) is 22.1. The Morgan fingerprint density at radius 2 is 2.09 bits per heavy atom. The Balaban J connectivity index is 1.23. The molecule has 1 amide bonds. The van der Waals surface area contributed by atoms with Gasteiger partial charge in [-0.1, -0.05) is 0 Å². The fraction of sp³-hybridized carbons (Fsp3) is 0.375. The smallest absolute Gasteiger partial charge is 0.414 e. The van der Waals surface area contributed by atoms with Gasteiger partial charge in [-0.25, -0.2) is 14.2 Å². The van der Waals surface area contributed by atoms with Crippen LogP contribution >= 0.6 is 0 Å². The van der Waals surface area contributed by atoms with Crippen molar-refractivity contribution in [1.82, 2.24) is 15.3 Å². The first kappa shape index (κ1) is 22.1. The largest absolute Gasteiger partial charge is 0.480 e. The SMILES string of the molecule is CC1=CCC(NCC2CN(c3ccc(-c4ccc(N5C=NN(C)CC5)nc4)c(F)c3)C(=O)O2)O1. The topological polar surface area (TPSA) is 82.5 Å². The van der Waals surface area contributed by atoms with Crippen LogP contribution in [-0.4, -0.2) is 68.0 Å². The second-order valence-corrected chi connectivity index (χ2v) is 8.56. The summed E-state index contributed by atoms with van der Waals surface area (Å²) >= 11 is 0. The van der Waals surface area contributed by atoms with Crippen LogP contribution in [0.4, 0.5) is 20.7 Å². The fourth-order valence-corrected chi connectivity index (χ4v) is 4.13. The Bertz CT molecular complexity index is 1120. The summed E-state index contributed by atoms with van der Waals surface area (Å²) < 4.78 is 26.1. The lowest BCUT2D eigenvalue weighted by molar-refractivity contribution is 0.0894. The van der Waals surface area contributed by atoms with Crippen molar-refractivity contribution in [3.8, 4) is 11.1 Å². The molecule has 3 aliphatic heterocycles. The van der Waals surface area contributed by atoms with Crippen molar-refractivity contribution in [2.45, 2.75) is 25.7 Å². The average molecular weight is 467 g/mol. The monoisotopic (exact) mass is 466 g/mol. The Kier molecular flexibility index (Phi) is 6.06. The van der Waals surface area contributed by atoms with Crippen LogP contribution in [0.2, 0.25) is 0 Å². The number of hydrogen-bond acceptors (Lipinski definition) is 8. The molecule has 0 spiro atoms. The number of carbonyl (C=O) groups excluding carboxylic acids is 1. The lowest BCUT2D eigenvalue weighted by atomic mass is 10.1. The van der Waals surface area contributed by atoms with Crippen LogP contribution in [0.3, 0.4) is 0 Å². The molecular formula is C24H27FN6O3. The van der Waals surface area contributed by atoms with Gasteiger partial charge in [-0.2, -0.15) is 5.10 Å². The number of nitrogens with one attached hydrogen (secondary N) is 1. The van der Waals surface area contributed by atoms with Gasteiger partial charge in [0.15, 0.2) is 6.23 Å². The van der Waals surface area contributed by atoms with E-state index in [1.807, 2.05) is 42.1 Å². The van der Waals surface area contributed by atoms with Crippen LogP contribution < -0.4 is 15.1 Å².